The van der Waals surface area contributed by atoms with Crippen LogP contribution >= 0.6 is 11.6 Å². The van der Waals surface area contributed by atoms with Crippen molar-refractivity contribution in [3.63, 3.8) is 0 Å². The van der Waals surface area contributed by atoms with Crippen molar-refractivity contribution in [3.8, 4) is 11.3 Å². The maximum absolute atomic E-state index is 11.8. The van der Waals surface area contributed by atoms with Gasteiger partial charge in [-0.3, -0.25) is 4.79 Å². The minimum absolute atomic E-state index is 0.0816. The maximum Gasteiger partial charge on any atom is 0.155 e. The van der Waals surface area contributed by atoms with E-state index in [-0.39, 0.29) is 5.41 Å². The number of allylic oxidation sites excluding steroid dienone is 1. The molecule has 1 unspecified atom stereocenters. The Balaban J connectivity index is 1.67. The molecule has 3 fully saturated rings. The lowest BCUT2D eigenvalue weighted by Crippen LogP contribution is -2.53. The Morgan fingerprint density at radius 3 is 2.79 bits per heavy atom. The van der Waals surface area contributed by atoms with E-state index in [2.05, 4.69) is 18.2 Å². The summed E-state index contributed by atoms with van der Waals surface area (Å²) in [6.45, 7) is 2.22. The second kappa shape index (κ2) is 5.89. The van der Waals surface area contributed by atoms with Gasteiger partial charge in [0.2, 0.25) is 0 Å². The summed E-state index contributed by atoms with van der Waals surface area (Å²) in [4.78, 5) is 11.8. The standard InChI is InChI=1S/C21H27ClO2/c1-2-20-9-7-17-16-6-4-15(23)13-14(16)3-5-18(17)19(20)8-10-21(20,24)11-12-22/h13,16-19,24H,2-10H2,1H3/t16-,17+,18+,19-,20?,21+/m0/s1. The van der Waals surface area contributed by atoms with E-state index < -0.39 is 5.60 Å². The number of rotatable bonds is 1. The van der Waals surface area contributed by atoms with Gasteiger partial charge in [0, 0.05) is 17.2 Å². The summed E-state index contributed by atoms with van der Waals surface area (Å²) in [5, 5.41) is 13.8. The van der Waals surface area contributed by atoms with Crippen LogP contribution in [-0.2, 0) is 4.79 Å². The normalized spacial score (nSPS) is 47.0. The highest BCUT2D eigenvalue weighted by molar-refractivity contribution is 6.30. The summed E-state index contributed by atoms with van der Waals surface area (Å²) in [6, 6.07) is 0. The average molecular weight is 347 g/mol. The molecule has 0 radical (unpaired) electrons. The topological polar surface area (TPSA) is 37.3 Å². The molecule has 1 N–H and O–H groups in total. The highest BCUT2D eigenvalue weighted by Crippen LogP contribution is 2.66. The minimum atomic E-state index is -0.905. The monoisotopic (exact) mass is 346 g/mol. The zero-order valence-corrected chi connectivity index (χ0v) is 15.2. The van der Waals surface area contributed by atoms with Crippen LogP contribution in [0.15, 0.2) is 11.6 Å². The van der Waals surface area contributed by atoms with E-state index in [0.29, 0.717) is 29.5 Å². The first-order chi connectivity index (χ1) is 11.5. The van der Waals surface area contributed by atoms with Crippen LogP contribution in [0.3, 0.4) is 0 Å². The van der Waals surface area contributed by atoms with Crippen molar-refractivity contribution in [2.75, 3.05) is 0 Å². The van der Waals surface area contributed by atoms with Crippen molar-refractivity contribution in [1.82, 2.24) is 0 Å². The predicted octanol–water partition coefficient (Wildman–Crippen LogP) is 4.45. The molecular weight excluding hydrogens is 320 g/mol. The lowest BCUT2D eigenvalue weighted by Gasteiger charge is -2.55. The summed E-state index contributed by atoms with van der Waals surface area (Å²) < 4.78 is 0. The third-order valence-electron chi connectivity index (χ3n) is 8.03. The zero-order chi connectivity index (χ0) is 16.9. The molecule has 4 aliphatic rings. The molecule has 0 aromatic rings. The van der Waals surface area contributed by atoms with Crippen LogP contribution in [0, 0.1) is 40.4 Å². The van der Waals surface area contributed by atoms with Gasteiger partial charge in [-0.2, -0.15) is 0 Å². The first kappa shape index (κ1) is 16.7. The lowest BCUT2D eigenvalue weighted by molar-refractivity contribution is -0.117. The van der Waals surface area contributed by atoms with Crippen molar-refractivity contribution >= 4 is 17.4 Å². The SMILES string of the molecule is CCC12CC[C@H]3[C@@H](CCC4=CC(=O)CC[C@@H]43)[C@@H]1CC[C@@]2(O)C#CCl. The number of carbonyl (C=O) groups excluding carboxylic acids is 1. The molecule has 0 bridgehead atoms. The Labute approximate surface area is 150 Å². The number of hydrogen-bond acceptors (Lipinski definition) is 2. The van der Waals surface area contributed by atoms with Crippen LogP contribution < -0.4 is 0 Å². The number of hydrogen-bond donors (Lipinski definition) is 1. The second-order valence-corrected chi connectivity index (χ2v) is 8.66. The third kappa shape index (κ3) is 2.17. The molecule has 0 heterocycles. The fourth-order valence-electron chi connectivity index (χ4n) is 7.01. The van der Waals surface area contributed by atoms with Crippen LogP contribution in [0.5, 0.6) is 0 Å². The molecule has 0 amide bonds. The molecule has 3 heteroatoms. The van der Waals surface area contributed by atoms with Crippen LogP contribution in [0.1, 0.15) is 64.7 Å². The van der Waals surface area contributed by atoms with Gasteiger partial charge in [0.1, 0.15) is 5.60 Å². The molecule has 2 nitrogen and oxygen atoms in total. The summed E-state index contributed by atoms with van der Waals surface area (Å²) >= 11 is 5.70. The fourth-order valence-corrected chi connectivity index (χ4v) is 7.17. The smallest absolute Gasteiger partial charge is 0.155 e. The fraction of sp³-hybridized carbons (Fsp3) is 0.762. The van der Waals surface area contributed by atoms with Gasteiger partial charge in [0.05, 0.1) is 0 Å². The summed E-state index contributed by atoms with van der Waals surface area (Å²) in [5.74, 6) is 5.87. The van der Waals surface area contributed by atoms with Gasteiger partial charge in [-0.05, 0) is 92.7 Å². The van der Waals surface area contributed by atoms with Crippen LogP contribution in [0.25, 0.3) is 0 Å². The van der Waals surface area contributed by atoms with E-state index in [0.717, 1.165) is 51.4 Å². The van der Waals surface area contributed by atoms with E-state index in [4.69, 9.17) is 11.6 Å². The molecule has 24 heavy (non-hydrogen) atoms. The quantitative estimate of drug-likeness (QED) is 0.712. The van der Waals surface area contributed by atoms with Gasteiger partial charge in [0.25, 0.3) is 0 Å². The molecule has 4 rings (SSSR count). The van der Waals surface area contributed by atoms with Crippen LogP contribution in [-0.4, -0.2) is 16.5 Å². The average Bonchev–Trinajstić information content (AvgIpc) is 2.88. The maximum atomic E-state index is 11.8. The van der Waals surface area contributed by atoms with Gasteiger partial charge >= 0.3 is 0 Å². The predicted molar refractivity (Wildman–Crippen MR) is 95.3 cm³/mol. The van der Waals surface area contributed by atoms with E-state index >= 15 is 0 Å². The first-order valence-corrected chi connectivity index (χ1v) is 10.0. The molecule has 0 saturated heterocycles. The number of carbonyl (C=O) groups is 1. The summed E-state index contributed by atoms with van der Waals surface area (Å²) in [7, 11) is 0. The van der Waals surface area contributed by atoms with Crippen molar-refractivity contribution in [1.29, 1.82) is 0 Å². The first-order valence-electron chi connectivity index (χ1n) is 9.63. The molecule has 4 aliphatic carbocycles. The van der Waals surface area contributed by atoms with Crippen molar-refractivity contribution in [2.45, 2.75) is 70.3 Å². The molecule has 0 aliphatic heterocycles. The molecule has 130 valence electrons. The number of aliphatic hydroxyl groups is 1. The molecule has 3 saturated carbocycles. The van der Waals surface area contributed by atoms with E-state index in [1.807, 2.05) is 6.08 Å². The number of halogens is 1. The van der Waals surface area contributed by atoms with Crippen LogP contribution in [0.4, 0.5) is 0 Å². The van der Waals surface area contributed by atoms with Gasteiger partial charge < -0.3 is 5.11 Å². The van der Waals surface area contributed by atoms with Crippen molar-refractivity contribution < 1.29 is 9.90 Å². The minimum Gasteiger partial charge on any atom is -0.377 e. The highest BCUT2D eigenvalue weighted by atomic mass is 35.5. The number of ketones is 1. The molecule has 0 spiro atoms. The Morgan fingerprint density at radius 2 is 2.04 bits per heavy atom. The highest BCUT2D eigenvalue weighted by Gasteiger charge is 2.63. The molecular formula is C21H27ClO2. The Hall–Kier alpha value is -0.780. The van der Waals surface area contributed by atoms with Gasteiger partial charge in [-0.15, -0.1) is 0 Å². The molecule has 0 aromatic carbocycles. The van der Waals surface area contributed by atoms with E-state index in [1.54, 1.807) is 0 Å². The Morgan fingerprint density at radius 1 is 1.21 bits per heavy atom. The third-order valence-corrected chi connectivity index (χ3v) is 8.13. The number of fused-ring (bicyclic) bond motifs is 5. The van der Waals surface area contributed by atoms with Gasteiger partial charge in [-0.1, -0.05) is 18.4 Å². The molecule has 6 atom stereocenters. The Bertz CT molecular complexity index is 642. The summed E-state index contributed by atoms with van der Waals surface area (Å²) in [6.07, 6.45) is 11.0. The van der Waals surface area contributed by atoms with Gasteiger partial charge in [-0.25, -0.2) is 0 Å². The zero-order valence-electron chi connectivity index (χ0n) is 14.5. The van der Waals surface area contributed by atoms with Gasteiger partial charge in [0.15, 0.2) is 5.78 Å². The van der Waals surface area contributed by atoms with Crippen LogP contribution in [0.2, 0.25) is 0 Å². The summed E-state index contributed by atoms with van der Waals surface area (Å²) in [5.41, 5.74) is 0.435. The molecule has 0 aromatic heterocycles. The van der Waals surface area contributed by atoms with Crippen molar-refractivity contribution in [2.24, 2.45) is 29.1 Å². The van der Waals surface area contributed by atoms with E-state index in [1.165, 1.54) is 12.0 Å². The largest absolute Gasteiger partial charge is 0.377 e. The lowest BCUT2D eigenvalue weighted by atomic mass is 9.49. The van der Waals surface area contributed by atoms with Crippen molar-refractivity contribution in [3.05, 3.63) is 11.6 Å². The van der Waals surface area contributed by atoms with E-state index in [9.17, 15) is 9.90 Å². The Kier molecular flexibility index (Phi) is 4.09. The second-order valence-electron chi connectivity index (χ2n) is 8.47.